The quantitative estimate of drug-likeness (QED) is 0.634. The molecule has 0 aromatic carbocycles. The average Bonchev–Trinajstić information content (AvgIpc) is 2.94. The fourth-order valence-corrected chi connectivity index (χ4v) is 4.82. The van der Waals surface area contributed by atoms with Crippen LogP contribution in [0.1, 0.15) is 40.5 Å². The summed E-state index contributed by atoms with van der Waals surface area (Å²) in [5.41, 5.74) is 0. The molecule has 0 spiro atoms. The molecule has 2 N–H and O–H groups in total. The van der Waals surface area contributed by atoms with Gasteiger partial charge in [-0.2, -0.15) is 0 Å². The second-order valence-electron chi connectivity index (χ2n) is 6.09. The predicted molar refractivity (Wildman–Crippen MR) is 98.9 cm³/mol. The van der Waals surface area contributed by atoms with Crippen LogP contribution in [0.4, 0.5) is 0 Å². The highest BCUT2D eigenvalue weighted by Gasteiger charge is 2.29. The molecule has 1 saturated heterocycles. The zero-order valence-electron chi connectivity index (χ0n) is 14.6. The third-order valence-corrected chi connectivity index (χ3v) is 6.04. The summed E-state index contributed by atoms with van der Waals surface area (Å²) in [4.78, 5) is 37.5. The van der Waals surface area contributed by atoms with Crippen LogP contribution in [0.15, 0.2) is 10.3 Å². The van der Waals surface area contributed by atoms with Crippen molar-refractivity contribution in [1.82, 2.24) is 10.2 Å². The zero-order valence-corrected chi connectivity index (χ0v) is 16.2. The van der Waals surface area contributed by atoms with Gasteiger partial charge in [0.15, 0.2) is 0 Å². The third-order valence-electron chi connectivity index (χ3n) is 3.45. The molecule has 24 heavy (non-hydrogen) atoms. The van der Waals surface area contributed by atoms with Gasteiger partial charge < -0.3 is 15.3 Å². The number of carboxylic acid groups (broad SMARTS) is 1. The first-order chi connectivity index (χ1) is 11.2. The van der Waals surface area contributed by atoms with E-state index in [4.69, 9.17) is 5.11 Å². The topological polar surface area (TPSA) is 86.7 Å². The number of amides is 2. The first-order valence-electron chi connectivity index (χ1n) is 8.04. The van der Waals surface area contributed by atoms with Crippen LogP contribution >= 0.6 is 23.5 Å². The monoisotopic (exact) mass is 374 g/mol. The molecule has 8 heteroatoms. The highest BCUT2D eigenvalue weighted by Crippen LogP contribution is 2.35. The van der Waals surface area contributed by atoms with E-state index in [1.807, 2.05) is 27.7 Å². The molecule has 1 atom stereocenters. The summed E-state index contributed by atoms with van der Waals surface area (Å²) in [5, 5.41) is 11.6. The Morgan fingerprint density at radius 1 is 1.17 bits per heavy atom. The first kappa shape index (κ1) is 20.9. The summed E-state index contributed by atoms with van der Waals surface area (Å²) in [7, 11) is 0. The van der Waals surface area contributed by atoms with Gasteiger partial charge in [0.05, 0.1) is 0 Å². The van der Waals surface area contributed by atoms with Crippen molar-refractivity contribution in [2.75, 3.05) is 11.5 Å². The van der Waals surface area contributed by atoms with Gasteiger partial charge in [-0.05, 0) is 34.1 Å². The second-order valence-corrected chi connectivity index (χ2v) is 8.62. The van der Waals surface area contributed by atoms with Crippen LogP contribution in [0.25, 0.3) is 0 Å². The Kier molecular flexibility index (Phi) is 8.69. The van der Waals surface area contributed by atoms with Crippen LogP contribution in [-0.4, -0.2) is 57.4 Å². The fourth-order valence-electron chi connectivity index (χ4n) is 2.54. The van der Waals surface area contributed by atoms with E-state index in [1.54, 1.807) is 28.4 Å². The molecule has 0 aromatic rings. The number of carbonyl (C=O) groups excluding carboxylic acids is 2. The third kappa shape index (κ3) is 6.76. The van der Waals surface area contributed by atoms with Crippen LogP contribution in [0, 0.1) is 0 Å². The molecule has 1 aliphatic rings. The van der Waals surface area contributed by atoms with Crippen molar-refractivity contribution in [2.24, 2.45) is 0 Å². The number of nitrogens with zero attached hydrogens (tertiary/aromatic N) is 1. The maximum absolute atomic E-state index is 12.8. The molecule has 2 amide bonds. The Morgan fingerprint density at radius 2 is 1.71 bits per heavy atom. The van der Waals surface area contributed by atoms with Crippen LogP contribution in [0.2, 0.25) is 0 Å². The van der Waals surface area contributed by atoms with Crippen LogP contribution < -0.4 is 5.32 Å². The van der Waals surface area contributed by atoms with Gasteiger partial charge in [0.1, 0.15) is 6.04 Å². The largest absolute Gasteiger partial charge is 0.481 e. The number of aliphatic carboxylic acids is 1. The van der Waals surface area contributed by atoms with Crippen molar-refractivity contribution < 1.29 is 19.5 Å². The smallest absolute Gasteiger partial charge is 0.303 e. The standard InChI is InChI=1S/C16H26N2O4S2/c1-10(2)18(11(3)4)16(22)12(5-6-14(20)21)17-13(19)9-15-23-7-8-24-15/h9-12H,5-8H2,1-4H3,(H,17,19)(H,20,21). The lowest BCUT2D eigenvalue weighted by atomic mass is 10.1. The highest BCUT2D eigenvalue weighted by atomic mass is 32.2. The molecule has 1 heterocycles. The SMILES string of the molecule is CC(C)N(C(=O)C(CCC(=O)O)NC(=O)C=C1SCCS1)C(C)C. The molecule has 1 fully saturated rings. The Morgan fingerprint density at radius 3 is 2.17 bits per heavy atom. The number of nitrogens with one attached hydrogen (secondary N) is 1. The van der Waals surface area contributed by atoms with Crippen molar-refractivity contribution in [3.8, 4) is 0 Å². The van der Waals surface area contributed by atoms with Crippen molar-refractivity contribution in [3.05, 3.63) is 10.3 Å². The van der Waals surface area contributed by atoms with Crippen molar-refractivity contribution in [1.29, 1.82) is 0 Å². The lowest BCUT2D eigenvalue weighted by Gasteiger charge is -2.34. The summed E-state index contributed by atoms with van der Waals surface area (Å²) in [6.07, 6.45) is 1.42. The second kappa shape index (κ2) is 9.98. The van der Waals surface area contributed by atoms with Gasteiger partial charge in [0.25, 0.3) is 0 Å². The van der Waals surface area contributed by atoms with Gasteiger partial charge >= 0.3 is 5.97 Å². The van der Waals surface area contributed by atoms with E-state index in [1.165, 1.54) is 6.08 Å². The van der Waals surface area contributed by atoms with Gasteiger partial charge in [-0.3, -0.25) is 14.4 Å². The molecule has 1 rings (SSSR count). The minimum Gasteiger partial charge on any atom is -0.481 e. The number of thioether (sulfide) groups is 2. The predicted octanol–water partition coefficient (Wildman–Crippen LogP) is 2.30. The molecular formula is C16H26N2O4S2. The summed E-state index contributed by atoms with van der Waals surface area (Å²) >= 11 is 3.23. The minimum absolute atomic E-state index is 0.0268. The van der Waals surface area contributed by atoms with Crippen molar-refractivity contribution in [2.45, 2.75) is 58.7 Å². The minimum atomic E-state index is -0.983. The van der Waals surface area contributed by atoms with Gasteiger partial charge in [-0.1, -0.05) is 0 Å². The molecule has 0 aromatic heterocycles. The fraction of sp³-hybridized carbons (Fsp3) is 0.688. The molecule has 1 aliphatic heterocycles. The van der Waals surface area contributed by atoms with Crippen molar-refractivity contribution >= 4 is 41.3 Å². The molecule has 1 unspecified atom stereocenters. The van der Waals surface area contributed by atoms with Crippen molar-refractivity contribution in [3.63, 3.8) is 0 Å². The Bertz CT molecular complexity index is 490. The van der Waals surface area contributed by atoms with Gasteiger partial charge in [-0.15, -0.1) is 23.5 Å². The molecule has 0 aliphatic carbocycles. The number of hydrogen-bond donors (Lipinski definition) is 2. The normalized spacial score (nSPS) is 15.5. The maximum Gasteiger partial charge on any atom is 0.303 e. The van der Waals surface area contributed by atoms with Gasteiger partial charge in [0, 0.05) is 40.3 Å². The van der Waals surface area contributed by atoms with Gasteiger partial charge in [-0.25, -0.2) is 0 Å². The molecule has 0 bridgehead atoms. The van der Waals surface area contributed by atoms with Crippen LogP contribution in [0.5, 0.6) is 0 Å². The summed E-state index contributed by atoms with van der Waals surface area (Å²) in [6, 6.07) is -0.881. The van der Waals surface area contributed by atoms with E-state index in [0.717, 1.165) is 15.7 Å². The van der Waals surface area contributed by atoms with E-state index in [0.29, 0.717) is 0 Å². The Balaban J connectivity index is 2.85. The number of carbonyl (C=O) groups is 3. The van der Waals surface area contributed by atoms with Crippen LogP contribution in [-0.2, 0) is 14.4 Å². The highest BCUT2D eigenvalue weighted by molar-refractivity contribution is 8.25. The van der Waals surface area contributed by atoms with E-state index in [-0.39, 0.29) is 36.7 Å². The number of hydrogen-bond acceptors (Lipinski definition) is 5. The Labute approximate surface area is 151 Å². The Hall–Kier alpha value is -1.15. The molecular weight excluding hydrogens is 348 g/mol. The zero-order chi connectivity index (χ0) is 18.3. The molecule has 0 radical (unpaired) electrons. The molecule has 6 nitrogen and oxygen atoms in total. The lowest BCUT2D eigenvalue weighted by molar-refractivity contribution is -0.140. The average molecular weight is 375 g/mol. The van der Waals surface area contributed by atoms with E-state index in [2.05, 4.69) is 5.32 Å². The van der Waals surface area contributed by atoms with E-state index < -0.39 is 12.0 Å². The summed E-state index contributed by atoms with van der Waals surface area (Å²) in [6.45, 7) is 7.62. The van der Waals surface area contributed by atoms with Crippen LogP contribution in [0.3, 0.4) is 0 Å². The van der Waals surface area contributed by atoms with E-state index >= 15 is 0 Å². The summed E-state index contributed by atoms with van der Waals surface area (Å²) in [5.74, 6) is 0.380. The van der Waals surface area contributed by atoms with E-state index in [9.17, 15) is 14.4 Å². The number of rotatable bonds is 8. The summed E-state index contributed by atoms with van der Waals surface area (Å²) < 4.78 is 0.932. The maximum atomic E-state index is 12.8. The first-order valence-corrected chi connectivity index (χ1v) is 10.0. The number of carboxylic acids is 1. The molecule has 136 valence electrons. The van der Waals surface area contributed by atoms with Gasteiger partial charge in [0.2, 0.25) is 11.8 Å². The lowest BCUT2D eigenvalue weighted by Crippen LogP contribution is -2.53. The molecule has 0 saturated carbocycles.